The Bertz CT molecular complexity index is 348. The molecule has 0 aromatic heterocycles. The van der Waals surface area contributed by atoms with Gasteiger partial charge in [-0.15, -0.1) is 0 Å². The molecule has 16 heavy (non-hydrogen) atoms. The third kappa shape index (κ3) is 3.64. The van der Waals surface area contributed by atoms with Crippen LogP contribution in [0.3, 0.4) is 0 Å². The molecule has 0 unspecified atom stereocenters. The molecule has 0 aliphatic carbocycles. The van der Waals surface area contributed by atoms with Crippen LogP contribution in [0.1, 0.15) is 15.9 Å². The van der Waals surface area contributed by atoms with Crippen LogP contribution in [0.2, 0.25) is 0 Å². The van der Waals surface area contributed by atoms with E-state index < -0.39 is 6.29 Å². The lowest BCUT2D eigenvalue weighted by Gasteiger charge is -2.14. The van der Waals surface area contributed by atoms with Crippen LogP contribution in [0.4, 0.5) is 0 Å². The number of aryl methyl sites for hydroxylation is 1. The van der Waals surface area contributed by atoms with Crippen molar-refractivity contribution in [2.45, 2.75) is 13.2 Å². The highest BCUT2D eigenvalue weighted by atomic mass is 16.7. The highest BCUT2D eigenvalue weighted by molar-refractivity contribution is 5.94. The van der Waals surface area contributed by atoms with Gasteiger partial charge in [-0.1, -0.05) is 17.7 Å². The van der Waals surface area contributed by atoms with Crippen molar-refractivity contribution in [3.05, 3.63) is 35.4 Å². The summed E-state index contributed by atoms with van der Waals surface area (Å²) in [4.78, 5) is 11.7. The molecule has 0 radical (unpaired) electrons. The van der Waals surface area contributed by atoms with Gasteiger partial charge < -0.3 is 14.8 Å². The summed E-state index contributed by atoms with van der Waals surface area (Å²) in [5.41, 5.74) is 1.70. The van der Waals surface area contributed by atoms with Gasteiger partial charge in [-0.05, 0) is 19.1 Å². The van der Waals surface area contributed by atoms with Crippen molar-refractivity contribution < 1.29 is 14.3 Å². The van der Waals surface area contributed by atoms with Gasteiger partial charge in [-0.3, -0.25) is 4.79 Å². The Morgan fingerprint density at radius 2 is 2.06 bits per heavy atom. The number of carbonyl (C=O) groups excluding carboxylic acids is 1. The summed E-state index contributed by atoms with van der Waals surface area (Å²) >= 11 is 0. The maximum atomic E-state index is 11.7. The molecule has 1 aromatic rings. The first-order valence-corrected chi connectivity index (χ1v) is 5.08. The van der Waals surface area contributed by atoms with Crippen molar-refractivity contribution in [2.75, 3.05) is 20.8 Å². The smallest absolute Gasteiger partial charge is 0.251 e. The largest absolute Gasteiger partial charge is 0.354 e. The topological polar surface area (TPSA) is 47.6 Å². The fraction of sp³-hybridized carbons (Fsp3) is 0.417. The fourth-order valence-electron chi connectivity index (χ4n) is 1.33. The number of nitrogens with one attached hydrogen (secondary N) is 1. The number of amides is 1. The molecule has 88 valence electrons. The molecule has 0 spiro atoms. The zero-order valence-electron chi connectivity index (χ0n) is 9.82. The van der Waals surface area contributed by atoms with E-state index in [1.165, 1.54) is 14.2 Å². The van der Waals surface area contributed by atoms with Crippen LogP contribution in [0, 0.1) is 6.92 Å². The summed E-state index contributed by atoms with van der Waals surface area (Å²) in [6.45, 7) is 2.28. The standard InChI is InChI=1S/C12H17NO3/c1-9-5-4-6-10(7-9)12(14)13-8-11(15-2)16-3/h4-7,11H,8H2,1-3H3,(H,13,14). The van der Waals surface area contributed by atoms with Crippen LogP contribution in [0.25, 0.3) is 0 Å². The van der Waals surface area contributed by atoms with Gasteiger partial charge in [-0.2, -0.15) is 0 Å². The van der Waals surface area contributed by atoms with Gasteiger partial charge in [0.15, 0.2) is 6.29 Å². The normalized spacial score (nSPS) is 10.5. The number of carbonyl (C=O) groups is 1. The number of rotatable bonds is 5. The van der Waals surface area contributed by atoms with E-state index in [0.29, 0.717) is 12.1 Å². The van der Waals surface area contributed by atoms with Crippen LogP contribution in [-0.4, -0.2) is 33.0 Å². The maximum absolute atomic E-state index is 11.7. The van der Waals surface area contributed by atoms with E-state index in [-0.39, 0.29) is 5.91 Å². The van der Waals surface area contributed by atoms with Crippen LogP contribution < -0.4 is 5.32 Å². The highest BCUT2D eigenvalue weighted by Crippen LogP contribution is 2.03. The van der Waals surface area contributed by atoms with E-state index in [1.54, 1.807) is 6.07 Å². The van der Waals surface area contributed by atoms with E-state index in [2.05, 4.69) is 5.32 Å². The number of benzene rings is 1. The minimum absolute atomic E-state index is 0.122. The van der Waals surface area contributed by atoms with Gasteiger partial charge in [0.1, 0.15) is 0 Å². The average molecular weight is 223 g/mol. The maximum Gasteiger partial charge on any atom is 0.251 e. The monoisotopic (exact) mass is 223 g/mol. The van der Waals surface area contributed by atoms with E-state index in [4.69, 9.17) is 9.47 Å². The minimum atomic E-state index is -0.409. The molecule has 4 heteroatoms. The summed E-state index contributed by atoms with van der Waals surface area (Å²) in [7, 11) is 3.07. The van der Waals surface area contributed by atoms with Crippen molar-refractivity contribution in [2.24, 2.45) is 0 Å². The van der Waals surface area contributed by atoms with E-state index >= 15 is 0 Å². The Hall–Kier alpha value is -1.39. The molecule has 0 atom stereocenters. The quantitative estimate of drug-likeness (QED) is 0.766. The number of ether oxygens (including phenoxy) is 2. The van der Waals surface area contributed by atoms with Crippen molar-refractivity contribution >= 4 is 5.91 Å². The van der Waals surface area contributed by atoms with Crippen LogP contribution in [0.15, 0.2) is 24.3 Å². The van der Waals surface area contributed by atoms with Crippen molar-refractivity contribution in [3.8, 4) is 0 Å². The van der Waals surface area contributed by atoms with Gasteiger partial charge in [0.2, 0.25) is 0 Å². The Kier molecular flexibility index (Phi) is 4.95. The lowest BCUT2D eigenvalue weighted by atomic mass is 10.1. The van der Waals surface area contributed by atoms with Crippen LogP contribution >= 0.6 is 0 Å². The van der Waals surface area contributed by atoms with Gasteiger partial charge >= 0.3 is 0 Å². The second kappa shape index (κ2) is 6.25. The van der Waals surface area contributed by atoms with Gasteiger partial charge in [-0.25, -0.2) is 0 Å². The Morgan fingerprint density at radius 1 is 1.38 bits per heavy atom. The predicted octanol–water partition coefficient (Wildman–Crippen LogP) is 1.34. The van der Waals surface area contributed by atoms with Crippen molar-refractivity contribution in [1.29, 1.82) is 0 Å². The van der Waals surface area contributed by atoms with Gasteiger partial charge in [0, 0.05) is 19.8 Å². The molecule has 1 rings (SSSR count). The van der Waals surface area contributed by atoms with Gasteiger partial charge in [0.05, 0.1) is 6.54 Å². The molecule has 0 aliphatic rings. The molecule has 4 nitrogen and oxygen atoms in total. The summed E-state index contributed by atoms with van der Waals surface area (Å²) < 4.78 is 9.95. The zero-order chi connectivity index (χ0) is 12.0. The molecule has 0 saturated carbocycles. The molecular formula is C12H17NO3. The second-order valence-electron chi connectivity index (χ2n) is 3.48. The fourth-order valence-corrected chi connectivity index (χ4v) is 1.33. The SMILES string of the molecule is COC(CNC(=O)c1cccc(C)c1)OC. The van der Waals surface area contributed by atoms with Crippen LogP contribution in [-0.2, 0) is 9.47 Å². The molecule has 0 fully saturated rings. The average Bonchev–Trinajstić information content (AvgIpc) is 2.30. The highest BCUT2D eigenvalue weighted by Gasteiger charge is 2.09. The number of methoxy groups -OCH3 is 2. The summed E-state index contributed by atoms with van der Waals surface area (Å²) in [5.74, 6) is -0.122. The Labute approximate surface area is 95.6 Å². The van der Waals surface area contributed by atoms with E-state index in [0.717, 1.165) is 5.56 Å². The van der Waals surface area contributed by atoms with Crippen LogP contribution in [0.5, 0.6) is 0 Å². The third-order valence-corrected chi connectivity index (χ3v) is 2.24. The Morgan fingerprint density at radius 3 is 2.62 bits per heavy atom. The van der Waals surface area contributed by atoms with E-state index in [9.17, 15) is 4.79 Å². The second-order valence-corrected chi connectivity index (χ2v) is 3.48. The lowest BCUT2D eigenvalue weighted by molar-refractivity contribution is -0.0974. The molecule has 0 bridgehead atoms. The Balaban J connectivity index is 2.52. The molecule has 0 heterocycles. The molecule has 0 saturated heterocycles. The summed E-state index contributed by atoms with van der Waals surface area (Å²) in [5, 5.41) is 2.74. The number of hydrogen-bond acceptors (Lipinski definition) is 3. The predicted molar refractivity (Wildman–Crippen MR) is 61.3 cm³/mol. The minimum Gasteiger partial charge on any atom is -0.354 e. The van der Waals surface area contributed by atoms with Crippen molar-refractivity contribution in [3.63, 3.8) is 0 Å². The molecule has 1 N–H and O–H groups in total. The third-order valence-electron chi connectivity index (χ3n) is 2.24. The molecule has 1 amide bonds. The summed E-state index contributed by atoms with van der Waals surface area (Å²) in [6, 6.07) is 7.42. The van der Waals surface area contributed by atoms with Gasteiger partial charge in [0.25, 0.3) is 5.91 Å². The number of hydrogen-bond donors (Lipinski definition) is 1. The summed E-state index contributed by atoms with van der Waals surface area (Å²) in [6.07, 6.45) is -0.409. The lowest BCUT2D eigenvalue weighted by Crippen LogP contribution is -2.34. The first kappa shape index (κ1) is 12.7. The van der Waals surface area contributed by atoms with E-state index in [1.807, 2.05) is 25.1 Å². The molecule has 1 aromatic carbocycles. The first-order valence-electron chi connectivity index (χ1n) is 5.08. The molecular weight excluding hydrogens is 206 g/mol. The van der Waals surface area contributed by atoms with Crippen molar-refractivity contribution in [1.82, 2.24) is 5.32 Å². The first-order chi connectivity index (χ1) is 7.67. The molecule has 0 aliphatic heterocycles. The zero-order valence-corrected chi connectivity index (χ0v) is 9.82.